The van der Waals surface area contributed by atoms with E-state index >= 15 is 0 Å². The maximum absolute atomic E-state index is 11.7. The molecule has 2 aromatic rings. The first kappa shape index (κ1) is 10.5. The van der Waals surface area contributed by atoms with Crippen LogP contribution in [0.15, 0.2) is 30.3 Å². The molecule has 1 aromatic heterocycles. The summed E-state index contributed by atoms with van der Waals surface area (Å²) in [6.45, 7) is 0. The second kappa shape index (κ2) is 4.69. The van der Waals surface area contributed by atoms with Gasteiger partial charge in [0, 0.05) is 5.56 Å². The highest BCUT2D eigenvalue weighted by atomic mass is 32.1. The molecule has 2 rings (SSSR count). The van der Waals surface area contributed by atoms with Crippen LogP contribution in [0.2, 0.25) is 0 Å². The van der Waals surface area contributed by atoms with E-state index in [-0.39, 0.29) is 5.91 Å². The van der Waals surface area contributed by atoms with Crippen molar-refractivity contribution in [2.45, 2.75) is 0 Å². The highest BCUT2D eigenvalue weighted by Gasteiger charge is 2.08. The van der Waals surface area contributed by atoms with E-state index in [0.717, 1.165) is 0 Å². The van der Waals surface area contributed by atoms with Crippen molar-refractivity contribution in [1.82, 2.24) is 10.2 Å². The minimum absolute atomic E-state index is 0.222. The van der Waals surface area contributed by atoms with Gasteiger partial charge in [0.1, 0.15) is 0 Å². The number of aromatic nitrogens is 2. The molecule has 0 bridgehead atoms. The molecule has 0 fully saturated rings. The summed E-state index contributed by atoms with van der Waals surface area (Å²) in [4.78, 5) is 11.7. The van der Waals surface area contributed by atoms with Gasteiger partial charge in [0.25, 0.3) is 5.91 Å². The van der Waals surface area contributed by atoms with Gasteiger partial charge >= 0.3 is 0 Å². The van der Waals surface area contributed by atoms with Gasteiger partial charge < -0.3 is 0 Å². The molecule has 1 heterocycles. The molecule has 0 unspecified atom stereocenters. The summed E-state index contributed by atoms with van der Waals surface area (Å²) in [7, 11) is 0. The number of benzene rings is 1. The van der Waals surface area contributed by atoms with Crippen LogP contribution < -0.4 is 16.6 Å². The van der Waals surface area contributed by atoms with E-state index < -0.39 is 0 Å². The molecule has 1 amide bonds. The number of carbonyl (C=O) groups excluding carboxylic acids is 1. The number of carbonyl (C=O) groups is 1. The second-order valence-electron chi connectivity index (χ2n) is 2.88. The van der Waals surface area contributed by atoms with Crippen LogP contribution in [0.4, 0.5) is 10.3 Å². The van der Waals surface area contributed by atoms with Gasteiger partial charge in [-0.15, -0.1) is 10.2 Å². The third-order valence-corrected chi connectivity index (χ3v) is 2.57. The predicted molar refractivity (Wildman–Crippen MR) is 62.1 cm³/mol. The smallest absolute Gasteiger partial charge is 0.257 e. The normalized spacial score (nSPS) is 9.81. The number of nitrogens with two attached hydrogens (primary N) is 1. The monoisotopic (exact) mass is 235 g/mol. The number of nitrogens with one attached hydrogen (secondary N) is 2. The van der Waals surface area contributed by atoms with Crippen molar-refractivity contribution in [2.75, 3.05) is 10.7 Å². The zero-order valence-corrected chi connectivity index (χ0v) is 8.99. The maximum atomic E-state index is 11.7. The fourth-order valence-electron chi connectivity index (χ4n) is 1.09. The molecule has 1 aromatic carbocycles. The van der Waals surface area contributed by atoms with Crippen molar-refractivity contribution >= 4 is 27.5 Å². The molecule has 0 aliphatic carbocycles. The Bertz CT molecular complexity index is 484. The van der Waals surface area contributed by atoms with Gasteiger partial charge in [0.2, 0.25) is 10.3 Å². The fraction of sp³-hybridized carbons (Fsp3) is 0. The Morgan fingerprint density at radius 2 is 1.88 bits per heavy atom. The van der Waals surface area contributed by atoms with E-state index in [1.807, 2.05) is 6.07 Å². The molecule has 0 radical (unpaired) electrons. The molecule has 4 N–H and O–H groups in total. The minimum atomic E-state index is -0.222. The van der Waals surface area contributed by atoms with Gasteiger partial charge in [-0.1, -0.05) is 29.5 Å². The van der Waals surface area contributed by atoms with E-state index in [0.29, 0.717) is 15.8 Å². The zero-order chi connectivity index (χ0) is 11.4. The molecular weight excluding hydrogens is 226 g/mol. The van der Waals surface area contributed by atoms with Crippen molar-refractivity contribution < 1.29 is 4.79 Å². The summed E-state index contributed by atoms with van der Waals surface area (Å²) in [5.74, 6) is 4.93. The molecule has 0 aliphatic heterocycles. The lowest BCUT2D eigenvalue weighted by atomic mass is 10.2. The Morgan fingerprint density at radius 3 is 2.50 bits per heavy atom. The first-order valence-corrected chi connectivity index (χ1v) is 5.28. The van der Waals surface area contributed by atoms with Crippen molar-refractivity contribution in [3.8, 4) is 0 Å². The van der Waals surface area contributed by atoms with Crippen LogP contribution in [0.5, 0.6) is 0 Å². The van der Waals surface area contributed by atoms with Crippen LogP contribution in [0.1, 0.15) is 10.4 Å². The lowest BCUT2D eigenvalue weighted by molar-refractivity contribution is 0.102. The number of nitrogens with zero attached hydrogens (tertiary/aromatic N) is 2. The molecule has 82 valence electrons. The number of hydrazine groups is 1. The van der Waals surface area contributed by atoms with Gasteiger partial charge in [0.15, 0.2) is 0 Å². The van der Waals surface area contributed by atoms with Crippen molar-refractivity contribution in [3.05, 3.63) is 35.9 Å². The molecule has 6 nitrogen and oxygen atoms in total. The molecule has 7 heteroatoms. The summed E-state index contributed by atoms with van der Waals surface area (Å²) < 4.78 is 0. The van der Waals surface area contributed by atoms with Gasteiger partial charge in [0.05, 0.1) is 0 Å². The second-order valence-corrected chi connectivity index (χ2v) is 3.85. The number of hydrogen-bond donors (Lipinski definition) is 3. The Morgan fingerprint density at radius 1 is 1.19 bits per heavy atom. The predicted octanol–water partition coefficient (Wildman–Crippen LogP) is 1.08. The third-order valence-electron chi connectivity index (χ3n) is 1.80. The first-order valence-electron chi connectivity index (χ1n) is 4.46. The number of hydrogen-bond acceptors (Lipinski definition) is 6. The van der Waals surface area contributed by atoms with Crippen molar-refractivity contribution in [3.63, 3.8) is 0 Å². The summed E-state index contributed by atoms with van der Waals surface area (Å²) >= 11 is 1.17. The standard InChI is InChI=1S/C9H9N5OS/c10-12-9-14-13-8(16-9)11-7(15)6-4-2-1-3-5-6/h1-5H,10H2,(H,12,14)(H,11,13,15). The topological polar surface area (TPSA) is 92.9 Å². The number of rotatable bonds is 3. The quantitative estimate of drug-likeness (QED) is 0.546. The van der Waals surface area contributed by atoms with Gasteiger partial charge in [-0.2, -0.15) is 0 Å². The summed E-state index contributed by atoms with van der Waals surface area (Å²) in [5.41, 5.74) is 2.92. The summed E-state index contributed by atoms with van der Waals surface area (Å²) in [5, 5.41) is 10.9. The number of anilines is 2. The van der Waals surface area contributed by atoms with Gasteiger partial charge in [-0.3, -0.25) is 15.5 Å². The van der Waals surface area contributed by atoms with E-state index in [1.165, 1.54) is 11.3 Å². The van der Waals surface area contributed by atoms with Crippen LogP contribution in [-0.4, -0.2) is 16.1 Å². The molecule has 0 saturated carbocycles. The highest BCUT2D eigenvalue weighted by Crippen LogP contribution is 2.19. The van der Waals surface area contributed by atoms with E-state index in [9.17, 15) is 4.79 Å². The number of amides is 1. The van der Waals surface area contributed by atoms with Gasteiger partial charge in [-0.25, -0.2) is 5.84 Å². The first-order chi connectivity index (χ1) is 7.79. The average Bonchev–Trinajstić information content (AvgIpc) is 2.78. The van der Waals surface area contributed by atoms with Crippen LogP contribution in [0, 0.1) is 0 Å². The largest absolute Gasteiger partial charge is 0.298 e. The van der Waals surface area contributed by atoms with Crippen LogP contribution in [0.3, 0.4) is 0 Å². The Balaban J connectivity index is 2.08. The van der Waals surface area contributed by atoms with Crippen LogP contribution in [0.25, 0.3) is 0 Å². The van der Waals surface area contributed by atoms with E-state index in [1.54, 1.807) is 24.3 Å². The fourth-order valence-corrected chi connectivity index (χ4v) is 1.64. The van der Waals surface area contributed by atoms with E-state index in [4.69, 9.17) is 5.84 Å². The maximum Gasteiger partial charge on any atom is 0.257 e. The number of nitrogen functional groups attached to an aromatic ring is 1. The molecule has 16 heavy (non-hydrogen) atoms. The van der Waals surface area contributed by atoms with E-state index in [2.05, 4.69) is 20.9 Å². The minimum Gasteiger partial charge on any atom is -0.298 e. The van der Waals surface area contributed by atoms with Gasteiger partial charge in [-0.05, 0) is 12.1 Å². The SMILES string of the molecule is NNc1nnc(NC(=O)c2ccccc2)s1. The lowest BCUT2D eigenvalue weighted by Crippen LogP contribution is -2.11. The third kappa shape index (κ3) is 2.33. The molecule has 0 saturated heterocycles. The molecular formula is C9H9N5OS. The molecule has 0 atom stereocenters. The van der Waals surface area contributed by atoms with Crippen molar-refractivity contribution in [2.24, 2.45) is 5.84 Å². The Hall–Kier alpha value is -1.99. The average molecular weight is 235 g/mol. The van der Waals surface area contributed by atoms with Crippen LogP contribution >= 0.6 is 11.3 Å². The molecule has 0 spiro atoms. The lowest BCUT2D eigenvalue weighted by Gasteiger charge is -1.99. The van der Waals surface area contributed by atoms with Crippen molar-refractivity contribution in [1.29, 1.82) is 0 Å². The molecule has 0 aliphatic rings. The van der Waals surface area contributed by atoms with Crippen LogP contribution in [-0.2, 0) is 0 Å². The summed E-state index contributed by atoms with van der Waals surface area (Å²) in [6, 6.07) is 8.87. The Kier molecular flexibility index (Phi) is 3.08. The summed E-state index contributed by atoms with van der Waals surface area (Å²) in [6.07, 6.45) is 0. The zero-order valence-electron chi connectivity index (χ0n) is 8.18. The Labute approximate surface area is 95.5 Å². The highest BCUT2D eigenvalue weighted by molar-refractivity contribution is 7.19.